The average Bonchev–Trinajstić information content (AvgIpc) is 3.18. The Morgan fingerprint density at radius 3 is 2.48 bits per heavy atom. The maximum absolute atomic E-state index is 13.1. The Hall–Kier alpha value is -3.19. The zero-order valence-corrected chi connectivity index (χ0v) is 16.4. The van der Waals surface area contributed by atoms with Crippen molar-refractivity contribution < 1.29 is 19.5 Å². The fraction of sp³-hybridized carbons (Fsp3) is 0.318. The van der Waals surface area contributed by atoms with Gasteiger partial charge in [-0.25, -0.2) is 0 Å². The predicted molar refractivity (Wildman–Crippen MR) is 110 cm³/mol. The molecule has 0 spiro atoms. The van der Waals surface area contributed by atoms with Crippen molar-refractivity contribution in [1.29, 1.82) is 0 Å². The predicted octanol–water partition coefficient (Wildman–Crippen LogP) is 2.07. The number of aliphatic hydroxyl groups is 1. The number of oxime groups is 1. The first-order chi connectivity index (χ1) is 14.1. The van der Waals surface area contributed by atoms with Crippen molar-refractivity contribution >= 4 is 17.5 Å². The van der Waals surface area contributed by atoms with Crippen molar-refractivity contribution in [3.05, 3.63) is 60.2 Å². The molecule has 1 saturated heterocycles. The van der Waals surface area contributed by atoms with Crippen LogP contribution in [-0.4, -0.2) is 60.4 Å². The Balaban J connectivity index is 1.77. The summed E-state index contributed by atoms with van der Waals surface area (Å²) >= 11 is 0. The number of rotatable bonds is 7. The molecule has 7 nitrogen and oxygen atoms in total. The lowest BCUT2D eigenvalue weighted by Crippen LogP contribution is -2.46. The molecule has 0 bridgehead atoms. The summed E-state index contributed by atoms with van der Waals surface area (Å²) in [6.07, 6.45) is 0.791. The number of likely N-dealkylation sites (tertiary alicyclic amines) is 1. The van der Waals surface area contributed by atoms with Crippen LogP contribution in [0.25, 0.3) is 11.1 Å². The minimum atomic E-state index is -0.649. The second-order valence-electron chi connectivity index (χ2n) is 6.80. The number of carbonyl (C=O) groups excluding carboxylic acids is 2. The van der Waals surface area contributed by atoms with Crippen LogP contribution in [0.3, 0.4) is 0 Å². The van der Waals surface area contributed by atoms with E-state index < -0.39 is 6.04 Å². The molecule has 7 heteroatoms. The average molecular weight is 395 g/mol. The number of nitrogens with zero attached hydrogens (tertiary/aromatic N) is 2. The van der Waals surface area contributed by atoms with E-state index in [-0.39, 0.29) is 25.0 Å². The van der Waals surface area contributed by atoms with Crippen molar-refractivity contribution in [3.63, 3.8) is 0 Å². The van der Waals surface area contributed by atoms with E-state index in [9.17, 15) is 9.59 Å². The topological polar surface area (TPSA) is 91.2 Å². The number of benzene rings is 2. The molecule has 1 aliphatic heterocycles. The fourth-order valence-electron chi connectivity index (χ4n) is 3.36. The molecular weight excluding hydrogens is 370 g/mol. The third kappa shape index (κ3) is 5.00. The highest BCUT2D eigenvalue weighted by molar-refractivity contribution is 6.05. The van der Waals surface area contributed by atoms with Gasteiger partial charge in [-0.3, -0.25) is 9.59 Å². The molecule has 1 aliphatic rings. The van der Waals surface area contributed by atoms with E-state index in [1.54, 1.807) is 12.1 Å². The first-order valence-electron chi connectivity index (χ1n) is 9.58. The van der Waals surface area contributed by atoms with Gasteiger partial charge in [0.15, 0.2) is 0 Å². The van der Waals surface area contributed by atoms with Crippen LogP contribution < -0.4 is 5.32 Å². The number of hydrogen-bond donors (Lipinski definition) is 2. The van der Waals surface area contributed by atoms with Gasteiger partial charge in [-0.2, -0.15) is 0 Å². The Bertz CT molecular complexity index is 865. The Morgan fingerprint density at radius 1 is 1.14 bits per heavy atom. The number of nitrogens with one attached hydrogen (secondary N) is 1. The summed E-state index contributed by atoms with van der Waals surface area (Å²) < 4.78 is 0. The van der Waals surface area contributed by atoms with Gasteiger partial charge in [0.1, 0.15) is 13.2 Å². The monoisotopic (exact) mass is 395 g/mol. The summed E-state index contributed by atoms with van der Waals surface area (Å²) in [5.41, 5.74) is 3.24. The van der Waals surface area contributed by atoms with Gasteiger partial charge < -0.3 is 20.2 Å². The zero-order chi connectivity index (χ0) is 20.6. The van der Waals surface area contributed by atoms with E-state index in [0.717, 1.165) is 11.1 Å². The van der Waals surface area contributed by atoms with Crippen LogP contribution in [0.5, 0.6) is 0 Å². The number of aliphatic hydroxyl groups excluding tert-OH is 1. The van der Waals surface area contributed by atoms with Crippen molar-refractivity contribution in [2.45, 2.75) is 18.9 Å². The van der Waals surface area contributed by atoms with Gasteiger partial charge in [0.25, 0.3) is 5.91 Å². The van der Waals surface area contributed by atoms with E-state index in [4.69, 9.17) is 9.94 Å². The van der Waals surface area contributed by atoms with Gasteiger partial charge in [-0.15, -0.1) is 0 Å². The maximum atomic E-state index is 13.1. The van der Waals surface area contributed by atoms with Crippen molar-refractivity contribution in [1.82, 2.24) is 10.2 Å². The van der Waals surface area contributed by atoms with E-state index in [2.05, 4.69) is 10.5 Å². The SMILES string of the molecule is CO/N=C1\CC(C(=O)NCCCO)N(C(=O)c2ccc(-c3ccccc3)cc2)C1. The van der Waals surface area contributed by atoms with Crippen LogP contribution in [0.4, 0.5) is 0 Å². The normalized spacial score (nSPS) is 17.4. The number of amides is 2. The molecule has 0 aliphatic carbocycles. The summed E-state index contributed by atoms with van der Waals surface area (Å²) in [6, 6.07) is 16.6. The lowest BCUT2D eigenvalue weighted by Gasteiger charge is -2.23. The molecule has 3 rings (SSSR count). The fourth-order valence-corrected chi connectivity index (χ4v) is 3.36. The van der Waals surface area contributed by atoms with Crippen molar-refractivity contribution in [3.8, 4) is 11.1 Å². The molecule has 29 heavy (non-hydrogen) atoms. The van der Waals surface area contributed by atoms with Gasteiger partial charge in [-0.05, 0) is 29.7 Å². The zero-order valence-electron chi connectivity index (χ0n) is 16.4. The minimum Gasteiger partial charge on any atom is -0.399 e. The molecule has 2 N–H and O–H groups in total. The van der Waals surface area contributed by atoms with E-state index in [0.29, 0.717) is 30.7 Å². The van der Waals surface area contributed by atoms with Gasteiger partial charge in [-0.1, -0.05) is 47.6 Å². The molecule has 0 aromatic heterocycles. The van der Waals surface area contributed by atoms with Crippen LogP contribution in [0, 0.1) is 0 Å². The van der Waals surface area contributed by atoms with Crippen LogP contribution in [0.1, 0.15) is 23.2 Å². The third-order valence-electron chi connectivity index (χ3n) is 4.82. The largest absolute Gasteiger partial charge is 0.399 e. The Kier molecular flexibility index (Phi) is 6.97. The van der Waals surface area contributed by atoms with Crippen LogP contribution in [0.15, 0.2) is 59.8 Å². The molecule has 1 unspecified atom stereocenters. The highest BCUT2D eigenvalue weighted by Crippen LogP contribution is 2.23. The van der Waals surface area contributed by atoms with Gasteiger partial charge in [0, 0.05) is 25.1 Å². The van der Waals surface area contributed by atoms with Gasteiger partial charge >= 0.3 is 0 Å². The molecule has 2 amide bonds. The minimum absolute atomic E-state index is 0.00224. The smallest absolute Gasteiger partial charge is 0.254 e. The second-order valence-corrected chi connectivity index (χ2v) is 6.80. The lowest BCUT2D eigenvalue weighted by molar-refractivity contribution is -0.124. The summed E-state index contributed by atoms with van der Waals surface area (Å²) in [5, 5.41) is 15.6. The van der Waals surface area contributed by atoms with Gasteiger partial charge in [0.2, 0.25) is 5.91 Å². The van der Waals surface area contributed by atoms with Crippen molar-refractivity contribution in [2.75, 3.05) is 26.8 Å². The third-order valence-corrected chi connectivity index (χ3v) is 4.82. The number of carbonyl (C=O) groups is 2. The summed E-state index contributed by atoms with van der Waals surface area (Å²) in [6.45, 7) is 0.597. The second kappa shape index (κ2) is 9.84. The molecule has 2 aromatic rings. The molecule has 0 saturated carbocycles. The Labute approximate surface area is 170 Å². The van der Waals surface area contributed by atoms with E-state index >= 15 is 0 Å². The first kappa shape index (κ1) is 20.5. The summed E-state index contributed by atoms with van der Waals surface area (Å²) in [7, 11) is 1.44. The quantitative estimate of drug-likeness (QED) is 0.555. The van der Waals surface area contributed by atoms with E-state index in [1.165, 1.54) is 12.0 Å². The van der Waals surface area contributed by atoms with Crippen molar-refractivity contribution in [2.24, 2.45) is 5.16 Å². The number of hydrogen-bond acceptors (Lipinski definition) is 5. The molecule has 0 radical (unpaired) electrons. The first-order valence-corrected chi connectivity index (χ1v) is 9.58. The molecule has 1 heterocycles. The highest BCUT2D eigenvalue weighted by atomic mass is 16.6. The maximum Gasteiger partial charge on any atom is 0.254 e. The lowest BCUT2D eigenvalue weighted by atomic mass is 10.0. The van der Waals surface area contributed by atoms with Crippen LogP contribution in [-0.2, 0) is 9.63 Å². The van der Waals surface area contributed by atoms with Crippen LogP contribution in [0.2, 0.25) is 0 Å². The molecule has 1 fully saturated rings. The van der Waals surface area contributed by atoms with Gasteiger partial charge in [0.05, 0.1) is 12.3 Å². The summed E-state index contributed by atoms with van der Waals surface area (Å²) in [5.74, 6) is -0.484. The molecule has 152 valence electrons. The highest BCUT2D eigenvalue weighted by Gasteiger charge is 2.38. The molecular formula is C22H25N3O4. The summed E-state index contributed by atoms with van der Waals surface area (Å²) in [4.78, 5) is 32.0. The molecule has 1 atom stereocenters. The Morgan fingerprint density at radius 2 is 1.83 bits per heavy atom. The van der Waals surface area contributed by atoms with Crippen LogP contribution >= 0.6 is 0 Å². The molecule has 2 aromatic carbocycles. The standard InChI is InChI=1S/C22H25N3O4/c1-29-24-19-14-20(21(27)23-12-5-13-26)25(15-19)22(28)18-10-8-17(9-11-18)16-6-3-2-4-7-16/h2-4,6-11,20,26H,5,12-15H2,1H3,(H,23,27)/b24-19+. The van der Waals surface area contributed by atoms with E-state index in [1.807, 2.05) is 42.5 Å².